The van der Waals surface area contributed by atoms with Gasteiger partial charge in [0.05, 0.1) is 21.5 Å². The number of anilines is 2. The van der Waals surface area contributed by atoms with E-state index < -0.39 is 10.7 Å². The summed E-state index contributed by atoms with van der Waals surface area (Å²) in [5.41, 5.74) is 0.893. The Kier molecular flexibility index (Phi) is 7.87. The van der Waals surface area contributed by atoms with Crippen molar-refractivity contribution in [1.82, 2.24) is 19.9 Å². The van der Waals surface area contributed by atoms with E-state index in [0.29, 0.717) is 28.7 Å². The van der Waals surface area contributed by atoms with E-state index in [2.05, 4.69) is 25.3 Å². The summed E-state index contributed by atoms with van der Waals surface area (Å²) < 4.78 is 26.8. The number of nitro benzene ring substituents is 1. The fraction of sp³-hybridized carbons (Fsp3) is 0.200. The number of aromatic nitrogens is 3. The predicted molar refractivity (Wildman–Crippen MR) is 140 cm³/mol. The first kappa shape index (κ1) is 26.2. The lowest BCUT2D eigenvalue weighted by Gasteiger charge is -2.15. The van der Waals surface area contributed by atoms with Crippen molar-refractivity contribution in [3.63, 3.8) is 0 Å². The molecule has 0 bridgehead atoms. The zero-order chi connectivity index (χ0) is 27.2. The Balaban J connectivity index is 1.64. The van der Waals surface area contributed by atoms with Crippen LogP contribution in [0.1, 0.15) is 5.56 Å². The van der Waals surface area contributed by atoms with Crippen LogP contribution in [0.15, 0.2) is 53.9 Å². The largest absolute Gasteiger partial charge is 0.485 e. The molecule has 12 nitrogen and oxygen atoms in total. The summed E-state index contributed by atoms with van der Waals surface area (Å²) in [6.45, 7) is 2.40. The molecule has 2 heterocycles. The summed E-state index contributed by atoms with van der Waals surface area (Å²) in [7, 11) is 3.74. The molecule has 3 N–H and O–H groups in total. The standard InChI is InChI=1S/C25H25FN8O4/c1-15-21(38-16-6-7-28-23(10-16)29-13-27)5-4-18(24(15)26)32-25-17-11-20(34(35)36)22(37-9-8-33(2)3)12-19(17)30-14-31-25/h4-7,10-14H,8-9H2,1-3H3,(H2,27,28,29)(H,30,31,32). The maximum atomic E-state index is 15.4. The van der Waals surface area contributed by atoms with Crippen molar-refractivity contribution >= 4 is 34.4 Å². The minimum atomic E-state index is -0.584. The van der Waals surface area contributed by atoms with E-state index in [1.807, 2.05) is 19.0 Å². The molecular weight excluding hydrogens is 495 g/mol. The number of aromatic amines is 1. The van der Waals surface area contributed by atoms with Gasteiger partial charge in [0.15, 0.2) is 11.6 Å². The third-order valence-corrected chi connectivity index (χ3v) is 5.49. The number of nitro groups is 1. The van der Waals surface area contributed by atoms with E-state index in [0.717, 1.165) is 6.34 Å². The molecule has 4 rings (SSSR count). The highest BCUT2D eigenvalue weighted by molar-refractivity contribution is 5.93. The van der Waals surface area contributed by atoms with Gasteiger partial charge >= 0.3 is 5.69 Å². The van der Waals surface area contributed by atoms with Crippen molar-refractivity contribution < 1.29 is 18.8 Å². The van der Waals surface area contributed by atoms with Gasteiger partial charge in [-0.05, 0) is 39.2 Å². The second-order valence-corrected chi connectivity index (χ2v) is 8.41. The number of benzene rings is 2. The van der Waals surface area contributed by atoms with Gasteiger partial charge < -0.3 is 24.7 Å². The molecule has 0 aliphatic carbocycles. The lowest BCUT2D eigenvalue weighted by Crippen LogP contribution is -2.19. The third-order valence-electron chi connectivity index (χ3n) is 5.49. The van der Waals surface area contributed by atoms with Crippen LogP contribution in [0.25, 0.3) is 10.9 Å². The van der Waals surface area contributed by atoms with E-state index in [9.17, 15) is 10.1 Å². The molecule has 0 unspecified atom stereocenters. The average molecular weight is 521 g/mol. The van der Waals surface area contributed by atoms with Gasteiger partial charge in [-0.3, -0.25) is 15.5 Å². The average Bonchev–Trinajstić information content (AvgIpc) is 2.88. The zero-order valence-electron chi connectivity index (χ0n) is 20.9. The summed E-state index contributed by atoms with van der Waals surface area (Å²) in [4.78, 5) is 28.2. The number of pyridine rings is 1. The summed E-state index contributed by atoms with van der Waals surface area (Å²) in [6, 6.07) is 9.08. The van der Waals surface area contributed by atoms with Gasteiger partial charge in [-0.1, -0.05) is 0 Å². The Morgan fingerprint density at radius 3 is 2.79 bits per heavy atom. The normalized spacial score (nSPS) is 11.6. The Morgan fingerprint density at radius 2 is 2.05 bits per heavy atom. The fourth-order valence-electron chi connectivity index (χ4n) is 3.54. The topological polar surface area (TPSA) is 155 Å². The molecule has 0 spiro atoms. The molecule has 0 saturated carbocycles. The van der Waals surface area contributed by atoms with Gasteiger partial charge in [0.1, 0.15) is 42.1 Å². The quantitative estimate of drug-likeness (QED) is 0.121. The third kappa shape index (κ3) is 5.90. The number of hydrogen-bond donors (Lipinski definition) is 3. The van der Waals surface area contributed by atoms with Crippen LogP contribution in [0, 0.1) is 28.3 Å². The van der Waals surface area contributed by atoms with Crippen LogP contribution >= 0.6 is 0 Å². The lowest BCUT2D eigenvalue weighted by molar-refractivity contribution is -0.385. The number of halogens is 1. The highest BCUT2D eigenvalue weighted by atomic mass is 19.1. The Morgan fingerprint density at radius 1 is 1.24 bits per heavy atom. The van der Waals surface area contributed by atoms with E-state index in [1.165, 1.54) is 24.5 Å². The minimum absolute atomic E-state index is 0.0904. The van der Waals surface area contributed by atoms with E-state index in [-0.39, 0.29) is 40.9 Å². The number of nitrogens with zero attached hydrogens (tertiary/aromatic N) is 5. The van der Waals surface area contributed by atoms with Crippen molar-refractivity contribution in [2.75, 3.05) is 32.6 Å². The van der Waals surface area contributed by atoms with Gasteiger partial charge in [0, 0.05) is 36.5 Å². The van der Waals surface area contributed by atoms with E-state index in [4.69, 9.17) is 14.9 Å². The van der Waals surface area contributed by atoms with Crippen LogP contribution in [0.2, 0.25) is 0 Å². The lowest BCUT2D eigenvalue weighted by atomic mass is 10.1. The number of H-pyrrole nitrogens is 1. The summed E-state index contributed by atoms with van der Waals surface area (Å²) in [5.74, 6) is 0.390. The molecule has 0 aliphatic rings. The second kappa shape index (κ2) is 11.4. The van der Waals surface area contributed by atoms with Crippen LogP contribution in [0.5, 0.6) is 17.2 Å². The number of fused-ring (bicyclic) bond motifs is 1. The molecular formula is C25H25FN8O4. The highest BCUT2D eigenvalue weighted by Gasteiger charge is 2.20. The number of rotatable bonds is 10. The van der Waals surface area contributed by atoms with Crippen LogP contribution in [0.4, 0.5) is 21.6 Å². The van der Waals surface area contributed by atoms with Crippen LogP contribution in [-0.2, 0) is 0 Å². The molecule has 38 heavy (non-hydrogen) atoms. The molecule has 0 amide bonds. The predicted octanol–water partition coefficient (Wildman–Crippen LogP) is 4.30. The minimum Gasteiger partial charge on any atom is -0.485 e. The zero-order valence-corrected chi connectivity index (χ0v) is 20.9. The molecule has 0 aliphatic heterocycles. The number of ether oxygens (including phenoxy) is 2. The van der Waals surface area contributed by atoms with Gasteiger partial charge in [-0.15, -0.1) is 0 Å². The van der Waals surface area contributed by atoms with Gasteiger partial charge in [0.25, 0.3) is 0 Å². The van der Waals surface area contributed by atoms with Gasteiger partial charge in [0.2, 0.25) is 0 Å². The van der Waals surface area contributed by atoms with E-state index >= 15 is 4.39 Å². The highest BCUT2D eigenvalue weighted by Crippen LogP contribution is 2.36. The second-order valence-electron chi connectivity index (χ2n) is 8.41. The summed E-state index contributed by atoms with van der Waals surface area (Å²) in [6.07, 6.45) is 3.77. The molecule has 2 aromatic carbocycles. The molecule has 0 fully saturated rings. The van der Waals surface area contributed by atoms with Gasteiger partial charge in [-0.25, -0.2) is 19.4 Å². The first-order chi connectivity index (χ1) is 18.3. The number of likely N-dealkylation sites (N-methyl/N-ethyl adjacent to an activating group) is 1. The first-order valence-electron chi connectivity index (χ1n) is 11.4. The molecule has 2 aromatic heterocycles. The van der Waals surface area contributed by atoms with Crippen molar-refractivity contribution in [3.05, 3.63) is 75.9 Å². The Hall–Kier alpha value is -4.91. The fourth-order valence-corrected chi connectivity index (χ4v) is 3.54. The molecule has 4 aromatic rings. The number of hydrogen-bond acceptors (Lipinski definition) is 9. The molecule has 0 radical (unpaired) electrons. The molecule has 0 saturated heterocycles. The summed E-state index contributed by atoms with van der Waals surface area (Å²) >= 11 is 0. The molecule has 0 atom stereocenters. The Bertz CT molecular complexity index is 1570. The van der Waals surface area contributed by atoms with Crippen molar-refractivity contribution in [2.45, 2.75) is 6.92 Å². The first-order valence-corrected chi connectivity index (χ1v) is 11.4. The van der Waals surface area contributed by atoms with Crippen LogP contribution in [-0.4, -0.2) is 58.4 Å². The smallest absolute Gasteiger partial charge is 0.311 e. The van der Waals surface area contributed by atoms with Crippen LogP contribution < -0.4 is 20.3 Å². The van der Waals surface area contributed by atoms with Crippen molar-refractivity contribution in [3.8, 4) is 17.2 Å². The summed E-state index contributed by atoms with van der Waals surface area (Å²) in [5, 5.41) is 22.1. The van der Waals surface area contributed by atoms with Crippen molar-refractivity contribution in [2.24, 2.45) is 4.99 Å². The molecule has 196 valence electrons. The maximum absolute atomic E-state index is 15.4. The van der Waals surface area contributed by atoms with Gasteiger partial charge in [-0.2, -0.15) is 0 Å². The number of nitrogens with one attached hydrogen (secondary N) is 3. The monoisotopic (exact) mass is 520 g/mol. The van der Waals surface area contributed by atoms with Crippen LogP contribution in [0.3, 0.4) is 0 Å². The van der Waals surface area contributed by atoms with E-state index in [1.54, 1.807) is 31.3 Å². The van der Waals surface area contributed by atoms with Crippen molar-refractivity contribution in [1.29, 1.82) is 5.41 Å². The Labute approximate surface area is 216 Å². The molecule has 13 heteroatoms. The SMILES string of the molecule is Cc1c(Oc2cc[nH]/c(=N\C=N)c2)ccc(Nc2ncnc3cc(OCCN(C)C)c([N+](=O)[O-])cc23)c1F. The maximum Gasteiger partial charge on any atom is 0.311 e.